The number of amides is 2. The van der Waals surface area contributed by atoms with Crippen LogP contribution in [0.1, 0.15) is 49.6 Å². The van der Waals surface area contributed by atoms with Crippen molar-refractivity contribution in [1.82, 2.24) is 0 Å². The summed E-state index contributed by atoms with van der Waals surface area (Å²) >= 11 is 1.46. The molecule has 0 saturated carbocycles. The first-order valence-corrected chi connectivity index (χ1v) is 10.9. The number of hydrogen-bond donors (Lipinski definition) is 2. The van der Waals surface area contributed by atoms with E-state index in [4.69, 9.17) is 10.5 Å². The Balaban J connectivity index is 1.56. The molecule has 1 aliphatic carbocycles. The van der Waals surface area contributed by atoms with Crippen molar-refractivity contribution in [3.8, 4) is 5.75 Å². The predicted octanol–water partition coefficient (Wildman–Crippen LogP) is 3.97. The van der Waals surface area contributed by atoms with E-state index in [0.29, 0.717) is 16.1 Å². The molecule has 158 valence electrons. The van der Waals surface area contributed by atoms with Gasteiger partial charge in [-0.3, -0.25) is 14.4 Å². The van der Waals surface area contributed by atoms with E-state index in [1.165, 1.54) is 11.3 Å². The quantitative estimate of drug-likeness (QED) is 0.550. The van der Waals surface area contributed by atoms with Crippen LogP contribution >= 0.6 is 11.3 Å². The third-order valence-electron chi connectivity index (χ3n) is 5.20. The predicted molar refractivity (Wildman–Crippen MR) is 120 cm³/mol. The van der Waals surface area contributed by atoms with Crippen molar-refractivity contribution in [1.29, 1.82) is 0 Å². The summed E-state index contributed by atoms with van der Waals surface area (Å²) in [6.07, 6.45) is 3.84. The number of hydrogen-bond acceptors (Lipinski definition) is 5. The number of ketones is 1. The molecular formula is C24H22N2O4S. The molecule has 3 aromatic rings. The van der Waals surface area contributed by atoms with Gasteiger partial charge in [0.25, 0.3) is 11.8 Å². The Morgan fingerprint density at radius 2 is 1.68 bits per heavy atom. The van der Waals surface area contributed by atoms with Crippen LogP contribution in [0.2, 0.25) is 0 Å². The van der Waals surface area contributed by atoms with Crippen molar-refractivity contribution < 1.29 is 19.1 Å². The zero-order valence-electron chi connectivity index (χ0n) is 16.9. The van der Waals surface area contributed by atoms with Crippen LogP contribution in [0.4, 0.5) is 5.00 Å². The lowest BCUT2D eigenvalue weighted by molar-refractivity contribution is -0.118. The van der Waals surface area contributed by atoms with Gasteiger partial charge in [0, 0.05) is 10.4 Å². The maximum Gasteiger partial charge on any atom is 0.262 e. The fourth-order valence-corrected chi connectivity index (χ4v) is 5.03. The lowest BCUT2D eigenvalue weighted by Gasteiger charge is -2.13. The lowest BCUT2D eigenvalue weighted by atomic mass is 9.92. The number of ether oxygens (including phenoxy) is 1. The van der Waals surface area contributed by atoms with E-state index < -0.39 is 11.8 Å². The second-order valence-electron chi connectivity index (χ2n) is 7.31. The molecule has 0 fully saturated rings. The standard InChI is InChI=1S/C24H22N2O4S/c25-23(29)16-10-4-6-12-18(16)30-14-20(27)26-24-21(17-11-5-7-13-19(17)31-24)22(28)15-8-2-1-3-9-15/h1-4,6,8-10,12H,5,7,11,13-14H2,(H2,25,29)(H,26,27). The van der Waals surface area contributed by atoms with Crippen LogP contribution in [0.5, 0.6) is 5.75 Å². The summed E-state index contributed by atoms with van der Waals surface area (Å²) in [6, 6.07) is 15.6. The van der Waals surface area contributed by atoms with Gasteiger partial charge in [-0.2, -0.15) is 0 Å². The highest BCUT2D eigenvalue weighted by Crippen LogP contribution is 2.39. The molecule has 2 amide bonds. The van der Waals surface area contributed by atoms with Crippen molar-refractivity contribution in [3.63, 3.8) is 0 Å². The fourth-order valence-electron chi connectivity index (χ4n) is 3.73. The Bertz CT molecular complexity index is 1140. The average molecular weight is 435 g/mol. The number of thiophene rings is 1. The summed E-state index contributed by atoms with van der Waals surface area (Å²) in [5.74, 6) is -0.871. The number of fused-ring (bicyclic) bond motifs is 1. The summed E-state index contributed by atoms with van der Waals surface area (Å²) in [5, 5.41) is 3.41. The topological polar surface area (TPSA) is 98.5 Å². The van der Waals surface area contributed by atoms with Gasteiger partial charge in [0.2, 0.25) is 0 Å². The zero-order valence-corrected chi connectivity index (χ0v) is 17.7. The van der Waals surface area contributed by atoms with Gasteiger partial charge in [0.05, 0.1) is 11.1 Å². The molecule has 31 heavy (non-hydrogen) atoms. The van der Waals surface area contributed by atoms with Gasteiger partial charge in [0.15, 0.2) is 12.4 Å². The molecule has 1 aromatic heterocycles. The lowest BCUT2D eigenvalue weighted by Crippen LogP contribution is -2.22. The minimum atomic E-state index is -0.627. The molecule has 1 aliphatic rings. The van der Waals surface area contributed by atoms with E-state index in [2.05, 4.69) is 5.32 Å². The van der Waals surface area contributed by atoms with Crippen LogP contribution in [-0.2, 0) is 17.6 Å². The van der Waals surface area contributed by atoms with Gasteiger partial charge in [0.1, 0.15) is 10.8 Å². The molecule has 7 heteroatoms. The fraction of sp³-hybridized carbons (Fsp3) is 0.208. The van der Waals surface area contributed by atoms with Crippen molar-refractivity contribution in [2.24, 2.45) is 5.73 Å². The number of benzene rings is 2. The Hall–Kier alpha value is -3.45. The smallest absolute Gasteiger partial charge is 0.262 e. The zero-order chi connectivity index (χ0) is 21.8. The number of nitrogens with two attached hydrogens (primary N) is 1. The van der Waals surface area contributed by atoms with E-state index in [1.807, 2.05) is 18.2 Å². The van der Waals surface area contributed by atoms with Gasteiger partial charge < -0.3 is 15.8 Å². The molecule has 0 aliphatic heterocycles. The van der Waals surface area contributed by atoms with Gasteiger partial charge in [-0.05, 0) is 43.4 Å². The highest BCUT2D eigenvalue weighted by Gasteiger charge is 2.27. The first kappa shape index (κ1) is 20.8. The van der Waals surface area contributed by atoms with Crippen LogP contribution in [0.25, 0.3) is 0 Å². The minimum Gasteiger partial charge on any atom is -0.483 e. The van der Waals surface area contributed by atoms with Crippen LogP contribution in [0, 0.1) is 0 Å². The van der Waals surface area contributed by atoms with Crippen LogP contribution in [0.15, 0.2) is 54.6 Å². The SMILES string of the molecule is NC(=O)c1ccccc1OCC(=O)Nc1sc2c(c1C(=O)c1ccccc1)CCCC2. The summed E-state index contributed by atoms with van der Waals surface area (Å²) < 4.78 is 5.53. The van der Waals surface area contributed by atoms with E-state index in [-0.39, 0.29) is 23.7 Å². The Labute approximate surface area is 184 Å². The Morgan fingerprint density at radius 3 is 2.45 bits per heavy atom. The maximum absolute atomic E-state index is 13.3. The van der Waals surface area contributed by atoms with E-state index in [0.717, 1.165) is 36.1 Å². The second-order valence-corrected chi connectivity index (χ2v) is 8.41. The Kier molecular flexibility index (Phi) is 6.13. The highest BCUT2D eigenvalue weighted by atomic mass is 32.1. The van der Waals surface area contributed by atoms with Crippen molar-refractivity contribution in [3.05, 3.63) is 81.7 Å². The number of para-hydroxylation sites is 1. The summed E-state index contributed by atoms with van der Waals surface area (Å²) in [7, 11) is 0. The number of aryl methyl sites for hydroxylation is 1. The van der Waals surface area contributed by atoms with Gasteiger partial charge >= 0.3 is 0 Å². The third-order valence-corrected chi connectivity index (χ3v) is 6.41. The van der Waals surface area contributed by atoms with Crippen molar-refractivity contribution >= 4 is 33.9 Å². The van der Waals surface area contributed by atoms with Crippen LogP contribution < -0.4 is 15.8 Å². The Morgan fingerprint density at radius 1 is 0.968 bits per heavy atom. The van der Waals surface area contributed by atoms with Gasteiger partial charge in [-0.1, -0.05) is 42.5 Å². The summed E-state index contributed by atoms with van der Waals surface area (Å²) in [5.41, 5.74) is 7.78. The molecule has 0 atom stereocenters. The maximum atomic E-state index is 13.3. The summed E-state index contributed by atoms with van der Waals surface area (Å²) in [6.45, 7) is -0.300. The molecule has 0 spiro atoms. The minimum absolute atomic E-state index is 0.0877. The first-order chi connectivity index (χ1) is 15.0. The van der Waals surface area contributed by atoms with Gasteiger partial charge in [-0.25, -0.2) is 0 Å². The average Bonchev–Trinajstić information content (AvgIpc) is 3.15. The largest absolute Gasteiger partial charge is 0.483 e. The normalized spacial score (nSPS) is 12.6. The number of carbonyl (C=O) groups is 3. The van der Waals surface area contributed by atoms with Crippen molar-refractivity contribution in [2.45, 2.75) is 25.7 Å². The molecule has 0 saturated heterocycles. The second kappa shape index (κ2) is 9.14. The number of primary amides is 1. The molecule has 3 N–H and O–H groups in total. The number of rotatable bonds is 7. The molecule has 2 aromatic carbocycles. The molecule has 0 radical (unpaired) electrons. The molecule has 0 bridgehead atoms. The number of anilines is 1. The highest BCUT2D eigenvalue weighted by molar-refractivity contribution is 7.17. The molecule has 1 heterocycles. The van der Waals surface area contributed by atoms with E-state index >= 15 is 0 Å². The van der Waals surface area contributed by atoms with E-state index in [9.17, 15) is 14.4 Å². The van der Waals surface area contributed by atoms with Crippen molar-refractivity contribution in [2.75, 3.05) is 11.9 Å². The molecule has 0 unspecified atom stereocenters. The molecule has 6 nitrogen and oxygen atoms in total. The number of carbonyl (C=O) groups excluding carboxylic acids is 3. The monoisotopic (exact) mass is 434 g/mol. The van der Waals surface area contributed by atoms with Crippen LogP contribution in [-0.4, -0.2) is 24.2 Å². The molecular weight excluding hydrogens is 412 g/mol. The third kappa shape index (κ3) is 4.51. The van der Waals surface area contributed by atoms with Gasteiger partial charge in [-0.15, -0.1) is 11.3 Å². The number of nitrogens with one attached hydrogen (secondary N) is 1. The first-order valence-electron chi connectivity index (χ1n) is 10.1. The summed E-state index contributed by atoms with van der Waals surface area (Å²) in [4.78, 5) is 38.6. The van der Waals surface area contributed by atoms with E-state index in [1.54, 1.807) is 36.4 Å². The molecule has 4 rings (SSSR count). The van der Waals surface area contributed by atoms with Crippen LogP contribution in [0.3, 0.4) is 0 Å².